The third-order valence-corrected chi connectivity index (χ3v) is 7.72. The average Bonchev–Trinajstić information content (AvgIpc) is 3.37. The standard InChI is InChI=1S/C27H33N2O2S2.HI/c1-5-16-30-20-12-14-24-22(18-20)28(7-3)26(32-24)10-9-11-27-29(8-4)23-19-21(31-17-6-2)13-15-25(23)33-27;/h9-15,18-19H,5-8,16-17H2,1-4H3;1H/q+1;/p-1. The van der Waals surface area contributed by atoms with Crippen molar-refractivity contribution in [1.29, 1.82) is 0 Å². The van der Waals surface area contributed by atoms with Crippen molar-refractivity contribution in [3.63, 3.8) is 0 Å². The highest BCUT2D eigenvalue weighted by molar-refractivity contribution is 8.03. The van der Waals surface area contributed by atoms with E-state index in [1.165, 1.54) is 30.8 Å². The van der Waals surface area contributed by atoms with Gasteiger partial charge in [0.05, 0.1) is 30.0 Å². The van der Waals surface area contributed by atoms with Crippen LogP contribution in [0.15, 0.2) is 58.5 Å². The summed E-state index contributed by atoms with van der Waals surface area (Å²) in [6.07, 6.45) is 8.66. The number of nitrogens with zero attached hydrogens (tertiary/aromatic N) is 2. The molecule has 4 nitrogen and oxygen atoms in total. The zero-order valence-corrected chi connectivity index (χ0v) is 24.1. The minimum Gasteiger partial charge on any atom is -1.00 e. The number of benzene rings is 2. The van der Waals surface area contributed by atoms with E-state index in [1.54, 1.807) is 0 Å². The van der Waals surface area contributed by atoms with E-state index in [-0.39, 0.29) is 24.0 Å². The van der Waals surface area contributed by atoms with Crippen molar-refractivity contribution in [2.75, 3.05) is 24.7 Å². The van der Waals surface area contributed by atoms with Crippen molar-refractivity contribution in [3.8, 4) is 11.5 Å². The highest BCUT2D eigenvalue weighted by Crippen LogP contribution is 2.47. The number of hydrogen-bond acceptors (Lipinski definition) is 5. The lowest BCUT2D eigenvalue weighted by atomic mass is 10.2. The molecule has 0 saturated carbocycles. The number of thiazole rings is 1. The second-order valence-corrected chi connectivity index (χ2v) is 9.98. The first-order valence-corrected chi connectivity index (χ1v) is 13.5. The van der Waals surface area contributed by atoms with Crippen LogP contribution in [0.3, 0.4) is 0 Å². The van der Waals surface area contributed by atoms with Gasteiger partial charge in [-0.3, -0.25) is 0 Å². The summed E-state index contributed by atoms with van der Waals surface area (Å²) in [6, 6.07) is 12.8. The van der Waals surface area contributed by atoms with Gasteiger partial charge in [0.1, 0.15) is 22.7 Å². The largest absolute Gasteiger partial charge is 1.00 e. The van der Waals surface area contributed by atoms with E-state index in [4.69, 9.17) is 9.47 Å². The number of aryl methyl sites for hydroxylation is 1. The summed E-state index contributed by atoms with van der Waals surface area (Å²) in [4.78, 5) is 3.64. The van der Waals surface area contributed by atoms with E-state index in [0.29, 0.717) is 0 Å². The number of allylic oxidation sites excluding steroid dienone is 2. The number of hydrogen-bond donors (Lipinski definition) is 0. The molecule has 1 aromatic heterocycles. The van der Waals surface area contributed by atoms with Crippen molar-refractivity contribution in [3.05, 3.63) is 58.6 Å². The molecule has 0 amide bonds. The topological polar surface area (TPSA) is 25.6 Å². The van der Waals surface area contributed by atoms with Crippen molar-refractivity contribution in [2.24, 2.45) is 0 Å². The van der Waals surface area contributed by atoms with Crippen LogP contribution in [-0.4, -0.2) is 19.8 Å². The molecule has 1 aliphatic heterocycles. The Bertz CT molecular complexity index is 1170. The number of halogens is 1. The molecule has 0 saturated heterocycles. The molecule has 182 valence electrons. The summed E-state index contributed by atoms with van der Waals surface area (Å²) in [5.74, 6) is 1.89. The number of anilines is 1. The Morgan fingerprint density at radius 1 is 0.941 bits per heavy atom. The third-order valence-electron chi connectivity index (χ3n) is 5.46. The van der Waals surface area contributed by atoms with E-state index in [9.17, 15) is 0 Å². The van der Waals surface area contributed by atoms with Crippen LogP contribution in [0, 0.1) is 0 Å². The van der Waals surface area contributed by atoms with E-state index >= 15 is 0 Å². The maximum atomic E-state index is 5.85. The maximum Gasteiger partial charge on any atom is 0.262 e. The van der Waals surface area contributed by atoms with Gasteiger partial charge in [-0.25, -0.2) is 0 Å². The molecule has 3 aromatic rings. The minimum absolute atomic E-state index is 0. The molecule has 2 heterocycles. The van der Waals surface area contributed by atoms with Gasteiger partial charge in [0.2, 0.25) is 5.52 Å². The lowest BCUT2D eigenvalue weighted by Crippen LogP contribution is -3.00. The molecule has 0 radical (unpaired) electrons. The SMILES string of the molecule is CCCOc1ccc2c(c1)N(CC)C(=CC=Cc1sc3ccc(OCCC)cc3[n+]1CC)S2.[I-]. The lowest BCUT2D eigenvalue weighted by Gasteiger charge is -2.18. The molecule has 0 atom stereocenters. The van der Waals surface area contributed by atoms with E-state index in [0.717, 1.165) is 50.6 Å². The molecule has 0 unspecified atom stereocenters. The van der Waals surface area contributed by atoms with Gasteiger partial charge in [0, 0.05) is 23.6 Å². The van der Waals surface area contributed by atoms with Crippen molar-refractivity contribution >= 4 is 45.1 Å². The number of rotatable bonds is 10. The van der Waals surface area contributed by atoms with Crippen LogP contribution in [0.2, 0.25) is 0 Å². The highest BCUT2D eigenvalue weighted by atomic mass is 127. The Labute approximate surface area is 228 Å². The van der Waals surface area contributed by atoms with Crippen LogP contribution in [0.4, 0.5) is 5.69 Å². The van der Waals surface area contributed by atoms with Gasteiger partial charge in [-0.05, 0) is 57.0 Å². The molecule has 34 heavy (non-hydrogen) atoms. The van der Waals surface area contributed by atoms with Crippen LogP contribution in [0.1, 0.15) is 45.5 Å². The normalized spacial score (nSPS) is 14.1. The number of ether oxygens (including phenoxy) is 2. The fraction of sp³-hybridized carbons (Fsp3) is 0.370. The molecule has 1 aliphatic rings. The first-order chi connectivity index (χ1) is 16.2. The van der Waals surface area contributed by atoms with E-state index < -0.39 is 0 Å². The van der Waals surface area contributed by atoms with Crippen LogP contribution < -0.4 is 42.9 Å². The zero-order valence-electron chi connectivity index (χ0n) is 20.3. The molecule has 0 bridgehead atoms. The molecular formula is C27H33IN2O2S2. The Hall–Kier alpha value is -1.71. The summed E-state index contributed by atoms with van der Waals surface area (Å²) in [5, 5.41) is 2.49. The van der Waals surface area contributed by atoms with Gasteiger partial charge in [0.15, 0.2) is 0 Å². The molecule has 0 aliphatic carbocycles. The fourth-order valence-corrected chi connectivity index (χ4v) is 6.13. The van der Waals surface area contributed by atoms with Gasteiger partial charge in [0.25, 0.3) is 5.01 Å². The molecule has 0 N–H and O–H groups in total. The van der Waals surface area contributed by atoms with Crippen LogP contribution in [-0.2, 0) is 6.54 Å². The number of fused-ring (bicyclic) bond motifs is 2. The summed E-state index contributed by atoms with van der Waals surface area (Å²) in [7, 11) is 0. The lowest BCUT2D eigenvalue weighted by molar-refractivity contribution is -0.665. The molecule has 7 heteroatoms. The van der Waals surface area contributed by atoms with Gasteiger partial charge >= 0.3 is 0 Å². The summed E-state index contributed by atoms with van der Waals surface area (Å²) >= 11 is 3.64. The summed E-state index contributed by atoms with van der Waals surface area (Å²) in [6.45, 7) is 12.0. The monoisotopic (exact) mass is 608 g/mol. The van der Waals surface area contributed by atoms with Gasteiger partial charge in [-0.2, -0.15) is 4.57 Å². The molecule has 2 aromatic carbocycles. The zero-order chi connectivity index (χ0) is 23.2. The van der Waals surface area contributed by atoms with Gasteiger partial charge < -0.3 is 38.4 Å². The second kappa shape index (κ2) is 12.8. The first kappa shape index (κ1) is 26.9. The van der Waals surface area contributed by atoms with Crippen molar-refractivity contribution in [2.45, 2.75) is 52.0 Å². The summed E-state index contributed by atoms with van der Waals surface area (Å²) in [5.41, 5.74) is 2.47. The summed E-state index contributed by atoms with van der Waals surface area (Å²) < 4.78 is 15.3. The molecule has 0 fully saturated rings. The smallest absolute Gasteiger partial charge is 0.262 e. The molecular weight excluding hydrogens is 575 g/mol. The fourth-order valence-electron chi connectivity index (χ4n) is 3.89. The van der Waals surface area contributed by atoms with Crippen LogP contribution in [0.5, 0.6) is 11.5 Å². The Morgan fingerprint density at radius 2 is 1.65 bits per heavy atom. The third kappa shape index (κ3) is 5.91. The highest BCUT2D eigenvalue weighted by Gasteiger charge is 2.24. The predicted molar refractivity (Wildman–Crippen MR) is 142 cm³/mol. The molecule has 0 spiro atoms. The minimum atomic E-state index is 0. The Balaban J connectivity index is 0.00000324. The van der Waals surface area contributed by atoms with E-state index in [1.807, 2.05) is 23.1 Å². The van der Waals surface area contributed by atoms with Crippen molar-refractivity contribution in [1.82, 2.24) is 0 Å². The Morgan fingerprint density at radius 3 is 2.32 bits per heavy atom. The van der Waals surface area contributed by atoms with Crippen molar-refractivity contribution < 1.29 is 38.0 Å². The first-order valence-electron chi connectivity index (χ1n) is 11.9. The molecule has 4 rings (SSSR count). The van der Waals surface area contributed by atoms with Gasteiger partial charge in [-0.1, -0.05) is 43.0 Å². The average molecular weight is 609 g/mol. The quantitative estimate of drug-likeness (QED) is 0.254. The van der Waals surface area contributed by atoms with E-state index in [2.05, 4.69) is 91.8 Å². The number of thioether (sulfide) groups is 1. The number of aromatic nitrogens is 1. The van der Waals surface area contributed by atoms with Gasteiger partial charge in [-0.15, -0.1) is 0 Å². The van der Waals surface area contributed by atoms with Crippen LogP contribution >= 0.6 is 23.1 Å². The maximum absolute atomic E-state index is 5.85. The van der Waals surface area contributed by atoms with Crippen LogP contribution in [0.25, 0.3) is 16.3 Å². The Kier molecular flexibility index (Phi) is 10.2. The second-order valence-electron chi connectivity index (χ2n) is 7.85. The predicted octanol–water partition coefficient (Wildman–Crippen LogP) is 4.28.